The lowest BCUT2D eigenvalue weighted by Gasteiger charge is -1.98. The van der Waals surface area contributed by atoms with Gasteiger partial charge < -0.3 is 10.3 Å². The predicted molar refractivity (Wildman–Crippen MR) is 67.2 cm³/mol. The van der Waals surface area contributed by atoms with Crippen molar-refractivity contribution in [1.82, 2.24) is 24.9 Å². The highest BCUT2D eigenvalue weighted by Crippen LogP contribution is 2.10. The Bertz CT molecular complexity index is 643. The normalized spacial score (nSPS) is 10.7. The maximum absolute atomic E-state index is 11.7. The third kappa shape index (κ3) is 2.07. The van der Waals surface area contributed by atoms with Crippen molar-refractivity contribution >= 4 is 28.5 Å². The number of hydrogen-bond acceptors (Lipinski definition) is 5. The van der Waals surface area contributed by atoms with E-state index in [0.717, 1.165) is 28.4 Å². The van der Waals surface area contributed by atoms with E-state index in [4.69, 9.17) is 0 Å². The fourth-order valence-corrected chi connectivity index (χ4v) is 2.04. The molecule has 3 aromatic rings. The third-order valence-electron chi connectivity index (χ3n) is 2.44. The lowest BCUT2D eigenvalue weighted by Crippen LogP contribution is -2.22. The van der Waals surface area contributed by atoms with Crippen molar-refractivity contribution in [3.8, 4) is 0 Å². The molecule has 18 heavy (non-hydrogen) atoms. The fourth-order valence-electron chi connectivity index (χ4n) is 1.61. The Morgan fingerprint density at radius 1 is 1.39 bits per heavy atom. The average Bonchev–Trinajstić information content (AvgIpc) is 3.04. The largest absolute Gasteiger partial charge is 0.344 e. The Kier molecular flexibility index (Phi) is 2.73. The van der Waals surface area contributed by atoms with Gasteiger partial charge in [0.05, 0.1) is 23.8 Å². The maximum atomic E-state index is 11.7. The van der Waals surface area contributed by atoms with Crippen LogP contribution >= 0.6 is 11.5 Å². The lowest BCUT2D eigenvalue weighted by molar-refractivity contribution is 0.0954. The van der Waals surface area contributed by atoms with Crippen molar-refractivity contribution in [3.05, 3.63) is 41.2 Å². The number of hydrogen-bond donors (Lipinski definition) is 2. The number of fused-ring (bicyclic) bond motifs is 1. The molecule has 0 unspecified atom stereocenters. The van der Waals surface area contributed by atoms with Crippen molar-refractivity contribution in [2.24, 2.45) is 0 Å². The van der Waals surface area contributed by atoms with E-state index in [1.165, 1.54) is 6.20 Å². The molecule has 0 radical (unpaired) electrons. The van der Waals surface area contributed by atoms with Gasteiger partial charge in [0.25, 0.3) is 5.91 Å². The van der Waals surface area contributed by atoms with Crippen molar-refractivity contribution in [1.29, 1.82) is 0 Å². The van der Waals surface area contributed by atoms with Crippen molar-refractivity contribution in [2.45, 2.75) is 6.54 Å². The summed E-state index contributed by atoms with van der Waals surface area (Å²) >= 11 is 1.07. The van der Waals surface area contributed by atoms with Gasteiger partial charge in [-0.05, 0) is 23.7 Å². The number of carbonyl (C=O) groups is 1. The van der Waals surface area contributed by atoms with Gasteiger partial charge >= 0.3 is 0 Å². The van der Waals surface area contributed by atoms with Crippen molar-refractivity contribution in [2.75, 3.05) is 0 Å². The molecule has 2 N–H and O–H groups in total. The van der Waals surface area contributed by atoms with Crippen LogP contribution in [0.4, 0.5) is 0 Å². The summed E-state index contributed by atoms with van der Waals surface area (Å²) in [6.45, 7) is 0.353. The second-order valence-electron chi connectivity index (χ2n) is 3.67. The molecule has 0 saturated carbocycles. The zero-order chi connectivity index (χ0) is 12.4. The molecule has 0 saturated heterocycles. The van der Waals surface area contributed by atoms with Crippen LogP contribution in [0.1, 0.15) is 15.5 Å². The molecular weight excluding hydrogens is 250 g/mol. The Balaban J connectivity index is 1.71. The Labute approximate surface area is 106 Å². The minimum atomic E-state index is -0.189. The van der Waals surface area contributed by atoms with E-state index >= 15 is 0 Å². The van der Waals surface area contributed by atoms with E-state index in [-0.39, 0.29) is 5.91 Å². The summed E-state index contributed by atoms with van der Waals surface area (Å²) in [5.41, 5.74) is 1.85. The number of nitrogens with one attached hydrogen (secondary N) is 2. The highest BCUT2D eigenvalue weighted by atomic mass is 32.1. The van der Waals surface area contributed by atoms with Gasteiger partial charge in [-0.1, -0.05) is 16.6 Å². The van der Waals surface area contributed by atoms with Crippen LogP contribution < -0.4 is 5.32 Å². The zero-order valence-corrected chi connectivity index (χ0v) is 10.1. The number of para-hydroxylation sites is 2. The molecular formula is C11H9N5OS. The standard InChI is InChI=1S/C11H9N5OS/c17-11(9-5-13-16-18-9)12-6-10-14-7-3-1-2-4-8(7)15-10/h1-5H,6H2,(H,12,17)(H,14,15). The summed E-state index contributed by atoms with van der Waals surface area (Å²) < 4.78 is 3.64. The first-order valence-corrected chi connectivity index (χ1v) is 6.09. The van der Waals surface area contributed by atoms with Gasteiger partial charge in [0.15, 0.2) is 0 Å². The van der Waals surface area contributed by atoms with Gasteiger partial charge in [-0.2, -0.15) is 0 Å². The van der Waals surface area contributed by atoms with Crippen LogP contribution in [-0.4, -0.2) is 25.5 Å². The van der Waals surface area contributed by atoms with E-state index in [1.807, 2.05) is 24.3 Å². The Morgan fingerprint density at radius 2 is 2.28 bits per heavy atom. The van der Waals surface area contributed by atoms with E-state index < -0.39 is 0 Å². The number of nitrogens with zero attached hydrogens (tertiary/aromatic N) is 3. The predicted octanol–water partition coefficient (Wildman–Crippen LogP) is 1.34. The molecule has 0 aliphatic rings. The van der Waals surface area contributed by atoms with Gasteiger partial charge in [0, 0.05) is 0 Å². The quantitative estimate of drug-likeness (QED) is 0.743. The van der Waals surface area contributed by atoms with Gasteiger partial charge in [0.2, 0.25) is 0 Å². The van der Waals surface area contributed by atoms with Crippen LogP contribution in [0.5, 0.6) is 0 Å². The van der Waals surface area contributed by atoms with Crippen LogP contribution in [0.25, 0.3) is 11.0 Å². The molecule has 2 heterocycles. The number of H-pyrrole nitrogens is 1. The van der Waals surface area contributed by atoms with E-state index in [9.17, 15) is 4.79 Å². The number of rotatable bonds is 3. The molecule has 2 aromatic heterocycles. The summed E-state index contributed by atoms with van der Waals surface area (Å²) in [6, 6.07) is 7.73. The monoisotopic (exact) mass is 259 g/mol. The summed E-state index contributed by atoms with van der Waals surface area (Å²) in [7, 11) is 0. The third-order valence-corrected chi connectivity index (χ3v) is 3.10. The maximum Gasteiger partial charge on any atom is 0.265 e. The molecule has 0 aliphatic heterocycles. The SMILES string of the molecule is O=C(NCc1nc2ccccc2[nH]1)c1cnns1. The van der Waals surface area contributed by atoms with Gasteiger partial charge in [0.1, 0.15) is 10.7 Å². The molecule has 1 aromatic carbocycles. The first-order valence-electron chi connectivity index (χ1n) is 5.32. The molecule has 90 valence electrons. The molecule has 0 bridgehead atoms. The minimum Gasteiger partial charge on any atom is -0.344 e. The smallest absolute Gasteiger partial charge is 0.265 e. The van der Waals surface area contributed by atoms with Crippen LogP contribution in [0, 0.1) is 0 Å². The van der Waals surface area contributed by atoms with Gasteiger partial charge in [-0.15, -0.1) is 5.10 Å². The van der Waals surface area contributed by atoms with Crippen LogP contribution in [-0.2, 0) is 6.54 Å². The highest BCUT2D eigenvalue weighted by Gasteiger charge is 2.09. The average molecular weight is 259 g/mol. The summed E-state index contributed by atoms with van der Waals surface area (Å²) in [5, 5.41) is 6.38. The molecule has 7 heteroatoms. The van der Waals surface area contributed by atoms with Crippen molar-refractivity contribution < 1.29 is 4.79 Å². The molecule has 0 aliphatic carbocycles. The summed E-state index contributed by atoms with van der Waals surface area (Å²) in [5.74, 6) is 0.535. The molecule has 0 atom stereocenters. The summed E-state index contributed by atoms with van der Waals surface area (Å²) in [6.07, 6.45) is 1.44. The van der Waals surface area contributed by atoms with Gasteiger partial charge in [-0.3, -0.25) is 4.79 Å². The number of amides is 1. The first kappa shape index (κ1) is 10.8. The molecule has 3 rings (SSSR count). The van der Waals surface area contributed by atoms with E-state index in [0.29, 0.717) is 11.4 Å². The molecule has 6 nitrogen and oxygen atoms in total. The second kappa shape index (κ2) is 4.53. The zero-order valence-electron chi connectivity index (χ0n) is 9.25. The Morgan fingerprint density at radius 3 is 3.06 bits per heavy atom. The summed E-state index contributed by atoms with van der Waals surface area (Å²) in [4.78, 5) is 19.7. The van der Waals surface area contributed by atoms with E-state index in [2.05, 4.69) is 24.9 Å². The lowest BCUT2D eigenvalue weighted by atomic mass is 10.3. The molecule has 0 spiro atoms. The molecule has 0 fully saturated rings. The van der Waals surface area contributed by atoms with E-state index in [1.54, 1.807) is 0 Å². The molecule has 1 amide bonds. The minimum absolute atomic E-state index is 0.189. The number of carbonyl (C=O) groups excluding carboxylic acids is 1. The number of aromatic nitrogens is 4. The Hall–Kier alpha value is -2.28. The highest BCUT2D eigenvalue weighted by molar-refractivity contribution is 7.07. The van der Waals surface area contributed by atoms with Crippen LogP contribution in [0.15, 0.2) is 30.5 Å². The van der Waals surface area contributed by atoms with Gasteiger partial charge in [-0.25, -0.2) is 4.98 Å². The second-order valence-corrected chi connectivity index (χ2v) is 4.45. The van der Waals surface area contributed by atoms with Crippen LogP contribution in [0.3, 0.4) is 0 Å². The topological polar surface area (TPSA) is 83.6 Å². The van der Waals surface area contributed by atoms with Crippen molar-refractivity contribution in [3.63, 3.8) is 0 Å². The van der Waals surface area contributed by atoms with Crippen LogP contribution in [0.2, 0.25) is 0 Å². The number of imidazole rings is 1. The number of benzene rings is 1. The number of aromatic amines is 1. The fraction of sp³-hybridized carbons (Fsp3) is 0.0909. The first-order chi connectivity index (χ1) is 8.83.